The molecule has 3 aromatic rings. The van der Waals surface area contributed by atoms with Crippen molar-refractivity contribution in [2.24, 2.45) is 0 Å². The van der Waals surface area contributed by atoms with Crippen molar-refractivity contribution in [3.8, 4) is 22.8 Å². The molecule has 1 saturated heterocycles. The Morgan fingerprint density at radius 3 is 2.26 bits per heavy atom. The van der Waals surface area contributed by atoms with E-state index in [9.17, 15) is 4.79 Å². The summed E-state index contributed by atoms with van der Waals surface area (Å²) in [5, 5.41) is 6.99. The lowest BCUT2D eigenvalue weighted by atomic mass is 10.1. The second-order valence-corrected chi connectivity index (χ2v) is 7.55. The third-order valence-electron chi connectivity index (χ3n) is 5.66. The molecule has 1 atom stereocenters. The highest BCUT2D eigenvalue weighted by molar-refractivity contribution is 5.93. The molecule has 0 bridgehead atoms. The molecule has 1 aromatic heterocycles. The van der Waals surface area contributed by atoms with E-state index in [2.05, 4.69) is 27.5 Å². The number of aromatic nitrogens is 1. The predicted molar refractivity (Wildman–Crippen MR) is 117 cm³/mol. The highest BCUT2D eigenvalue weighted by Crippen LogP contribution is 2.27. The number of benzene rings is 2. The summed E-state index contributed by atoms with van der Waals surface area (Å²) in [6.07, 6.45) is 2.35. The molecule has 7 heteroatoms. The highest BCUT2D eigenvalue weighted by Gasteiger charge is 2.25. The number of amides is 1. The van der Waals surface area contributed by atoms with Gasteiger partial charge in [0.2, 0.25) is 0 Å². The van der Waals surface area contributed by atoms with Crippen molar-refractivity contribution >= 4 is 5.91 Å². The molecule has 0 spiro atoms. The molecule has 0 aliphatic carbocycles. The van der Waals surface area contributed by atoms with Crippen LogP contribution in [0.25, 0.3) is 11.3 Å². The molecule has 0 radical (unpaired) electrons. The quantitative estimate of drug-likeness (QED) is 0.594. The maximum atomic E-state index is 12.7. The van der Waals surface area contributed by atoms with Crippen LogP contribution < -0.4 is 14.8 Å². The predicted octanol–water partition coefficient (Wildman–Crippen LogP) is 3.93. The standard InChI is InChI=1S/C24H27N3O4/c1-29-19-9-5-17(6-10-19)22(27-13-3-4-14-27)16-25-24(28)21-15-23(31-26-21)18-7-11-20(30-2)12-8-18/h5-12,15,22H,3-4,13-14,16H2,1-2H3,(H,25,28)/t22-/m1/s1. The van der Waals surface area contributed by atoms with Gasteiger partial charge in [0.05, 0.1) is 20.3 Å². The minimum absolute atomic E-state index is 0.102. The van der Waals surface area contributed by atoms with E-state index >= 15 is 0 Å². The second kappa shape index (κ2) is 9.66. The van der Waals surface area contributed by atoms with E-state index in [0.717, 1.165) is 35.7 Å². The largest absolute Gasteiger partial charge is 0.497 e. The van der Waals surface area contributed by atoms with Gasteiger partial charge >= 0.3 is 0 Å². The second-order valence-electron chi connectivity index (χ2n) is 7.55. The van der Waals surface area contributed by atoms with Crippen molar-refractivity contribution in [1.82, 2.24) is 15.4 Å². The number of likely N-dealkylation sites (tertiary alicyclic amines) is 1. The Morgan fingerprint density at radius 1 is 1.03 bits per heavy atom. The summed E-state index contributed by atoms with van der Waals surface area (Å²) < 4.78 is 15.8. The first-order valence-electron chi connectivity index (χ1n) is 10.5. The lowest BCUT2D eigenvalue weighted by molar-refractivity contribution is 0.0929. The van der Waals surface area contributed by atoms with Gasteiger partial charge in [0.25, 0.3) is 5.91 Å². The Bertz CT molecular complexity index is 992. The lowest BCUT2D eigenvalue weighted by Gasteiger charge is -2.28. The van der Waals surface area contributed by atoms with E-state index in [1.54, 1.807) is 20.3 Å². The first-order chi connectivity index (χ1) is 15.2. The molecule has 1 N–H and O–H groups in total. The van der Waals surface area contributed by atoms with Crippen molar-refractivity contribution in [2.45, 2.75) is 18.9 Å². The minimum Gasteiger partial charge on any atom is -0.497 e. The fourth-order valence-corrected chi connectivity index (χ4v) is 3.89. The van der Waals surface area contributed by atoms with Gasteiger partial charge in [-0.15, -0.1) is 0 Å². The smallest absolute Gasteiger partial charge is 0.273 e. The van der Waals surface area contributed by atoms with Crippen LogP contribution in [0, 0.1) is 0 Å². The van der Waals surface area contributed by atoms with Crippen LogP contribution in [0.4, 0.5) is 0 Å². The van der Waals surface area contributed by atoms with Gasteiger partial charge in [0.15, 0.2) is 11.5 Å². The number of nitrogens with zero attached hydrogens (tertiary/aromatic N) is 2. The zero-order valence-corrected chi connectivity index (χ0v) is 17.8. The Kier molecular flexibility index (Phi) is 6.52. The molecule has 1 aliphatic rings. The molecule has 2 heterocycles. The van der Waals surface area contributed by atoms with Gasteiger partial charge in [0.1, 0.15) is 11.5 Å². The van der Waals surface area contributed by atoms with E-state index in [-0.39, 0.29) is 17.6 Å². The first-order valence-corrected chi connectivity index (χ1v) is 10.5. The van der Waals surface area contributed by atoms with E-state index in [1.165, 1.54) is 12.8 Å². The van der Waals surface area contributed by atoms with Crippen LogP contribution in [0.3, 0.4) is 0 Å². The van der Waals surface area contributed by atoms with Gasteiger partial charge in [-0.3, -0.25) is 9.69 Å². The van der Waals surface area contributed by atoms with Crippen molar-refractivity contribution < 1.29 is 18.8 Å². The summed E-state index contributed by atoms with van der Waals surface area (Å²) >= 11 is 0. The summed E-state index contributed by atoms with van der Waals surface area (Å²) in [7, 11) is 3.28. The van der Waals surface area contributed by atoms with Crippen LogP contribution in [0.5, 0.6) is 11.5 Å². The van der Waals surface area contributed by atoms with Gasteiger partial charge in [-0.1, -0.05) is 17.3 Å². The number of rotatable bonds is 8. The molecule has 31 heavy (non-hydrogen) atoms. The molecule has 0 saturated carbocycles. The topological polar surface area (TPSA) is 76.8 Å². The molecule has 2 aromatic carbocycles. The van der Waals surface area contributed by atoms with E-state index < -0.39 is 0 Å². The van der Waals surface area contributed by atoms with Crippen LogP contribution >= 0.6 is 0 Å². The van der Waals surface area contributed by atoms with Gasteiger partial charge in [-0.2, -0.15) is 0 Å². The van der Waals surface area contributed by atoms with Crippen molar-refractivity contribution in [3.63, 3.8) is 0 Å². The summed E-state index contributed by atoms with van der Waals surface area (Å²) in [6, 6.07) is 17.2. The molecule has 1 aliphatic heterocycles. The molecule has 1 amide bonds. The molecular weight excluding hydrogens is 394 g/mol. The van der Waals surface area contributed by atoms with E-state index in [0.29, 0.717) is 12.3 Å². The Balaban J connectivity index is 1.44. The molecule has 162 valence electrons. The number of hydrogen-bond donors (Lipinski definition) is 1. The summed E-state index contributed by atoms with van der Waals surface area (Å²) in [5.74, 6) is 1.87. The molecule has 7 nitrogen and oxygen atoms in total. The maximum Gasteiger partial charge on any atom is 0.273 e. The number of carbonyl (C=O) groups is 1. The summed E-state index contributed by atoms with van der Waals surface area (Å²) in [4.78, 5) is 15.2. The van der Waals surface area contributed by atoms with Crippen molar-refractivity contribution in [2.75, 3.05) is 33.9 Å². The lowest BCUT2D eigenvalue weighted by Crippen LogP contribution is -2.36. The van der Waals surface area contributed by atoms with Gasteiger partial charge in [0, 0.05) is 18.2 Å². The summed E-state index contributed by atoms with van der Waals surface area (Å²) in [5.41, 5.74) is 2.25. The Hall–Kier alpha value is -3.32. The number of carbonyl (C=O) groups excluding carboxylic acids is 1. The molecule has 4 rings (SSSR count). The normalized spacial score (nSPS) is 14.9. The van der Waals surface area contributed by atoms with Crippen LogP contribution in [-0.2, 0) is 0 Å². The fourth-order valence-electron chi connectivity index (χ4n) is 3.89. The molecular formula is C24H27N3O4. The number of nitrogens with one attached hydrogen (secondary N) is 1. The average molecular weight is 421 g/mol. The van der Waals surface area contributed by atoms with E-state index in [1.807, 2.05) is 36.4 Å². The zero-order valence-electron chi connectivity index (χ0n) is 17.8. The number of ether oxygens (including phenoxy) is 2. The van der Waals surface area contributed by atoms with Crippen LogP contribution in [-0.4, -0.2) is 49.8 Å². The Morgan fingerprint density at radius 2 is 1.65 bits per heavy atom. The first kappa shape index (κ1) is 20.9. The molecule has 0 unspecified atom stereocenters. The van der Waals surface area contributed by atoms with Crippen molar-refractivity contribution in [1.29, 1.82) is 0 Å². The van der Waals surface area contributed by atoms with Crippen molar-refractivity contribution in [3.05, 3.63) is 65.9 Å². The molecule has 1 fully saturated rings. The summed E-state index contributed by atoms with van der Waals surface area (Å²) in [6.45, 7) is 2.55. The fraction of sp³-hybridized carbons (Fsp3) is 0.333. The highest BCUT2D eigenvalue weighted by atomic mass is 16.5. The van der Waals surface area contributed by atoms with E-state index in [4.69, 9.17) is 14.0 Å². The van der Waals surface area contributed by atoms with Gasteiger partial charge < -0.3 is 19.3 Å². The minimum atomic E-state index is -0.249. The van der Waals surface area contributed by atoms with Gasteiger partial charge in [-0.25, -0.2) is 0 Å². The monoisotopic (exact) mass is 421 g/mol. The van der Waals surface area contributed by atoms with Crippen LogP contribution in [0.15, 0.2) is 59.1 Å². The third-order valence-corrected chi connectivity index (χ3v) is 5.66. The van der Waals surface area contributed by atoms with Gasteiger partial charge in [-0.05, 0) is 67.9 Å². The number of hydrogen-bond acceptors (Lipinski definition) is 6. The maximum absolute atomic E-state index is 12.7. The average Bonchev–Trinajstić information content (AvgIpc) is 3.52. The third kappa shape index (κ3) is 4.88. The Labute approximate surface area is 181 Å². The van der Waals surface area contributed by atoms with Crippen LogP contribution in [0.1, 0.15) is 34.9 Å². The number of methoxy groups -OCH3 is 2. The van der Waals surface area contributed by atoms with Crippen LogP contribution in [0.2, 0.25) is 0 Å². The SMILES string of the molecule is COc1ccc(-c2cc(C(=O)NC[C@H](c3ccc(OC)cc3)N3CCCC3)no2)cc1. The zero-order chi connectivity index (χ0) is 21.6.